The number of rotatable bonds is 4. The van der Waals surface area contributed by atoms with Crippen LogP contribution in [0.5, 0.6) is 0 Å². The summed E-state index contributed by atoms with van der Waals surface area (Å²) in [5.41, 5.74) is 9.68. The zero-order chi connectivity index (χ0) is 13.1. The molecule has 1 aromatic heterocycles. The predicted molar refractivity (Wildman–Crippen MR) is 79.2 cm³/mol. The van der Waals surface area contributed by atoms with Crippen LogP contribution in [-0.2, 0) is 12.8 Å². The molecule has 0 atom stereocenters. The van der Waals surface area contributed by atoms with Crippen molar-refractivity contribution in [3.63, 3.8) is 0 Å². The summed E-state index contributed by atoms with van der Waals surface area (Å²) in [5.74, 6) is 0.571. The molecule has 0 unspecified atom stereocenters. The van der Waals surface area contributed by atoms with Gasteiger partial charge in [-0.25, -0.2) is 4.98 Å². The Hall–Kier alpha value is -1.35. The number of nitrogens with two attached hydrogens (primary N) is 1. The SMILES string of the molecule is CCc1nc(N)sc1Cc1cccc(C(C)C)c1. The van der Waals surface area contributed by atoms with Crippen molar-refractivity contribution in [2.45, 2.75) is 39.5 Å². The number of anilines is 1. The third-order valence-corrected chi connectivity index (χ3v) is 4.04. The molecule has 0 aliphatic carbocycles. The fraction of sp³-hybridized carbons (Fsp3) is 0.400. The van der Waals surface area contributed by atoms with Gasteiger partial charge in [0.15, 0.2) is 5.13 Å². The maximum atomic E-state index is 5.79. The Morgan fingerprint density at radius 2 is 2.11 bits per heavy atom. The molecule has 1 heterocycles. The molecule has 0 aliphatic rings. The summed E-state index contributed by atoms with van der Waals surface area (Å²) in [5, 5.41) is 0.682. The van der Waals surface area contributed by atoms with Crippen molar-refractivity contribution in [3.05, 3.63) is 46.0 Å². The summed E-state index contributed by atoms with van der Waals surface area (Å²) in [6.07, 6.45) is 1.89. The van der Waals surface area contributed by atoms with Crippen molar-refractivity contribution in [1.82, 2.24) is 4.98 Å². The summed E-state index contributed by atoms with van der Waals surface area (Å²) in [7, 11) is 0. The number of aromatic nitrogens is 1. The molecule has 3 heteroatoms. The smallest absolute Gasteiger partial charge is 0.180 e. The fourth-order valence-electron chi connectivity index (χ4n) is 2.07. The topological polar surface area (TPSA) is 38.9 Å². The van der Waals surface area contributed by atoms with Crippen LogP contribution in [0.25, 0.3) is 0 Å². The van der Waals surface area contributed by atoms with Gasteiger partial charge < -0.3 is 5.73 Å². The molecular weight excluding hydrogens is 240 g/mol. The maximum absolute atomic E-state index is 5.79. The van der Waals surface area contributed by atoms with Gasteiger partial charge in [-0.05, 0) is 23.5 Å². The highest BCUT2D eigenvalue weighted by atomic mass is 32.1. The molecular formula is C15H20N2S. The first-order chi connectivity index (χ1) is 8.60. The minimum atomic E-state index is 0.571. The molecule has 0 fully saturated rings. The van der Waals surface area contributed by atoms with Gasteiger partial charge in [0, 0.05) is 11.3 Å². The number of nitrogen functional groups attached to an aromatic ring is 1. The number of aryl methyl sites for hydroxylation is 1. The van der Waals surface area contributed by atoms with Gasteiger partial charge >= 0.3 is 0 Å². The van der Waals surface area contributed by atoms with E-state index in [-0.39, 0.29) is 0 Å². The van der Waals surface area contributed by atoms with Crippen molar-refractivity contribution in [2.24, 2.45) is 0 Å². The average Bonchev–Trinajstić information content (AvgIpc) is 2.69. The van der Waals surface area contributed by atoms with E-state index in [0.717, 1.165) is 18.5 Å². The summed E-state index contributed by atoms with van der Waals surface area (Å²) in [6, 6.07) is 8.80. The lowest BCUT2D eigenvalue weighted by atomic mass is 9.99. The molecule has 0 spiro atoms. The van der Waals surface area contributed by atoms with Crippen LogP contribution in [0.4, 0.5) is 5.13 Å². The first-order valence-corrected chi connectivity index (χ1v) is 7.24. The molecule has 0 saturated heterocycles. The Bertz CT molecular complexity index is 529. The molecule has 1 aromatic carbocycles. The van der Waals surface area contributed by atoms with Crippen LogP contribution in [0.2, 0.25) is 0 Å². The maximum Gasteiger partial charge on any atom is 0.180 e. The van der Waals surface area contributed by atoms with E-state index in [9.17, 15) is 0 Å². The van der Waals surface area contributed by atoms with E-state index in [0.29, 0.717) is 11.0 Å². The second kappa shape index (κ2) is 5.53. The van der Waals surface area contributed by atoms with Crippen LogP contribution in [0.3, 0.4) is 0 Å². The number of hydrogen-bond donors (Lipinski definition) is 1. The highest BCUT2D eigenvalue weighted by molar-refractivity contribution is 7.15. The standard InChI is InChI=1S/C15H20N2S/c1-4-13-14(18-15(16)17-13)9-11-6-5-7-12(8-11)10(2)3/h5-8,10H,4,9H2,1-3H3,(H2,16,17). The van der Waals surface area contributed by atoms with E-state index in [1.165, 1.54) is 16.0 Å². The van der Waals surface area contributed by atoms with Gasteiger partial charge in [-0.15, -0.1) is 11.3 Å². The van der Waals surface area contributed by atoms with Gasteiger partial charge in [0.05, 0.1) is 5.69 Å². The van der Waals surface area contributed by atoms with Crippen molar-refractivity contribution < 1.29 is 0 Å². The van der Waals surface area contributed by atoms with Crippen molar-refractivity contribution in [3.8, 4) is 0 Å². The van der Waals surface area contributed by atoms with Crippen LogP contribution < -0.4 is 5.73 Å². The largest absolute Gasteiger partial charge is 0.375 e. The van der Waals surface area contributed by atoms with Crippen LogP contribution in [-0.4, -0.2) is 4.98 Å². The molecule has 2 N–H and O–H groups in total. The summed E-state index contributed by atoms with van der Waals surface area (Å²) in [6.45, 7) is 6.57. The van der Waals surface area contributed by atoms with E-state index >= 15 is 0 Å². The van der Waals surface area contributed by atoms with E-state index in [4.69, 9.17) is 5.73 Å². The summed E-state index contributed by atoms with van der Waals surface area (Å²) in [4.78, 5) is 5.68. The predicted octanol–water partition coefficient (Wildman–Crippen LogP) is 4.00. The molecule has 18 heavy (non-hydrogen) atoms. The zero-order valence-electron chi connectivity index (χ0n) is 11.2. The lowest BCUT2D eigenvalue weighted by Crippen LogP contribution is -1.94. The van der Waals surface area contributed by atoms with Crippen molar-refractivity contribution in [2.75, 3.05) is 5.73 Å². The van der Waals surface area contributed by atoms with Crippen LogP contribution in [0.1, 0.15) is 48.4 Å². The lowest BCUT2D eigenvalue weighted by molar-refractivity contribution is 0.863. The number of benzene rings is 1. The Labute approximate surface area is 113 Å². The normalized spacial score (nSPS) is 11.1. The Morgan fingerprint density at radius 3 is 2.78 bits per heavy atom. The molecule has 0 saturated carbocycles. The molecule has 2 nitrogen and oxygen atoms in total. The molecule has 0 radical (unpaired) electrons. The lowest BCUT2D eigenvalue weighted by Gasteiger charge is -2.07. The van der Waals surface area contributed by atoms with Gasteiger partial charge in [0.1, 0.15) is 0 Å². The Kier molecular flexibility index (Phi) is 4.02. The first kappa shape index (κ1) is 13.1. The third-order valence-electron chi connectivity index (χ3n) is 3.11. The molecule has 2 aromatic rings. The molecule has 0 aliphatic heterocycles. The summed E-state index contributed by atoms with van der Waals surface area (Å²) >= 11 is 1.61. The van der Waals surface area contributed by atoms with E-state index in [1.54, 1.807) is 11.3 Å². The van der Waals surface area contributed by atoms with Crippen LogP contribution in [0.15, 0.2) is 24.3 Å². The second-order valence-electron chi connectivity index (χ2n) is 4.85. The first-order valence-electron chi connectivity index (χ1n) is 6.43. The average molecular weight is 260 g/mol. The van der Waals surface area contributed by atoms with Crippen LogP contribution >= 0.6 is 11.3 Å². The van der Waals surface area contributed by atoms with Crippen LogP contribution in [0, 0.1) is 0 Å². The third kappa shape index (κ3) is 2.91. The Morgan fingerprint density at radius 1 is 1.33 bits per heavy atom. The monoisotopic (exact) mass is 260 g/mol. The van der Waals surface area contributed by atoms with Gasteiger partial charge in [-0.2, -0.15) is 0 Å². The minimum Gasteiger partial charge on any atom is -0.375 e. The van der Waals surface area contributed by atoms with Gasteiger partial charge in [0.25, 0.3) is 0 Å². The van der Waals surface area contributed by atoms with E-state index in [1.807, 2.05) is 0 Å². The molecule has 96 valence electrons. The minimum absolute atomic E-state index is 0.571. The summed E-state index contributed by atoms with van der Waals surface area (Å²) < 4.78 is 0. The Balaban J connectivity index is 2.25. The van der Waals surface area contributed by atoms with Gasteiger partial charge in [-0.1, -0.05) is 45.0 Å². The van der Waals surface area contributed by atoms with Crippen molar-refractivity contribution >= 4 is 16.5 Å². The molecule has 2 rings (SSSR count). The van der Waals surface area contributed by atoms with Crippen molar-refractivity contribution in [1.29, 1.82) is 0 Å². The highest BCUT2D eigenvalue weighted by Gasteiger charge is 2.09. The van der Waals surface area contributed by atoms with E-state index < -0.39 is 0 Å². The molecule has 0 bridgehead atoms. The van der Waals surface area contributed by atoms with Gasteiger partial charge in [-0.3, -0.25) is 0 Å². The van der Waals surface area contributed by atoms with E-state index in [2.05, 4.69) is 50.0 Å². The molecule has 0 amide bonds. The second-order valence-corrected chi connectivity index (χ2v) is 5.97. The quantitative estimate of drug-likeness (QED) is 0.902. The fourth-order valence-corrected chi connectivity index (χ4v) is 3.02. The number of thiazole rings is 1. The van der Waals surface area contributed by atoms with Gasteiger partial charge in [0.2, 0.25) is 0 Å². The highest BCUT2D eigenvalue weighted by Crippen LogP contribution is 2.25. The number of nitrogens with zero attached hydrogens (tertiary/aromatic N) is 1. The number of hydrogen-bond acceptors (Lipinski definition) is 3. The zero-order valence-corrected chi connectivity index (χ0v) is 12.1.